The second kappa shape index (κ2) is 8.89. The highest BCUT2D eigenvalue weighted by molar-refractivity contribution is 6.14. The minimum absolute atomic E-state index is 0.286. The van der Waals surface area contributed by atoms with E-state index in [-0.39, 0.29) is 5.84 Å². The average Bonchev–Trinajstić information content (AvgIpc) is 2.69. The summed E-state index contributed by atoms with van der Waals surface area (Å²) in [6.07, 6.45) is -0.536. The molecule has 0 saturated carbocycles. The van der Waals surface area contributed by atoms with Gasteiger partial charge in [-0.05, 0) is 78.1 Å². The molecule has 0 atom stereocenters. The summed E-state index contributed by atoms with van der Waals surface area (Å²) in [5.41, 5.74) is 2.21. The van der Waals surface area contributed by atoms with Crippen molar-refractivity contribution in [1.82, 2.24) is 5.01 Å². The van der Waals surface area contributed by atoms with Crippen LogP contribution in [0, 0.1) is 6.92 Å². The Kier molecular flexibility index (Phi) is 6.54. The maximum Gasteiger partial charge on any atom is 0.436 e. The van der Waals surface area contributed by atoms with Gasteiger partial charge in [0.25, 0.3) is 0 Å². The van der Waals surface area contributed by atoms with Gasteiger partial charge in [-0.25, -0.2) is 14.6 Å². The number of aliphatic imine (C=N–C) groups is 1. The van der Waals surface area contributed by atoms with Crippen molar-refractivity contribution >= 4 is 29.4 Å². The minimum Gasteiger partial charge on any atom is -0.442 e. The molecule has 0 spiro atoms. The van der Waals surface area contributed by atoms with Crippen LogP contribution in [0.4, 0.5) is 21.0 Å². The zero-order chi connectivity index (χ0) is 24.6. The number of rotatable bonds is 2. The topological polar surface area (TPSA) is 71.4 Å². The van der Waals surface area contributed by atoms with Crippen molar-refractivity contribution in [1.29, 1.82) is 0 Å². The van der Waals surface area contributed by atoms with Gasteiger partial charge < -0.3 is 9.47 Å². The molecule has 0 N–H and O–H groups in total. The number of carbonyl (C=O) groups is 2. The maximum atomic E-state index is 13.5. The summed E-state index contributed by atoms with van der Waals surface area (Å²) in [7, 11) is 0. The molecule has 1 aliphatic heterocycles. The van der Waals surface area contributed by atoms with Crippen LogP contribution in [0.1, 0.15) is 65.2 Å². The van der Waals surface area contributed by atoms with Crippen LogP contribution >= 0.6 is 0 Å². The summed E-state index contributed by atoms with van der Waals surface area (Å²) in [5, 5.41) is 2.39. The smallest absolute Gasteiger partial charge is 0.436 e. The monoisotopic (exact) mass is 451 g/mol. The summed E-state index contributed by atoms with van der Waals surface area (Å²) in [6.45, 7) is 14.6. The number of hydrogen-bond acceptors (Lipinski definition) is 5. The molecule has 7 heteroatoms. The van der Waals surface area contributed by atoms with Crippen molar-refractivity contribution in [3.63, 3.8) is 0 Å². The van der Waals surface area contributed by atoms with Gasteiger partial charge in [-0.3, -0.25) is 0 Å². The lowest BCUT2D eigenvalue weighted by atomic mass is 10.1. The van der Waals surface area contributed by atoms with Crippen molar-refractivity contribution < 1.29 is 19.1 Å². The van der Waals surface area contributed by atoms with E-state index in [0.29, 0.717) is 16.9 Å². The molecule has 0 aliphatic carbocycles. The molecule has 2 aromatic carbocycles. The van der Waals surface area contributed by atoms with Crippen LogP contribution in [0.25, 0.3) is 0 Å². The van der Waals surface area contributed by atoms with Crippen LogP contribution in [0.3, 0.4) is 0 Å². The summed E-state index contributed by atoms with van der Waals surface area (Å²) >= 11 is 0. The highest BCUT2D eigenvalue weighted by Gasteiger charge is 2.41. The molecule has 1 heterocycles. The second-order valence-corrected chi connectivity index (χ2v) is 10.1. The third-order valence-electron chi connectivity index (χ3n) is 4.74. The van der Waals surface area contributed by atoms with Crippen LogP contribution in [0.15, 0.2) is 47.5 Å². The van der Waals surface area contributed by atoms with E-state index in [1.807, 2.05) is 43.3 Å². The molecule has 0 unspecified atom stereocenters. The molecule has 2 amide bonds. The molecule has 0 bridgehead atoms. The van der Waals surface area contributed by atoms with E-state index >= 15 is 0 Å². The number of nitrogens with zero attached hydrogens (tertiary/aromatic N) is 3. The molecular weight excluding hydrogens is 418 g/mol. The van der Waals surface area contributed by atoms with Crippen LogP contribution < -0.4 is 5.01 Å². The average molecular weight is 452 g/mol. The van der Waals surface area contributed by atoms with E-state index in [2.05, 4.69) is 6.92 Å². The van der Waals surface area contributed by atoms with Gasteiger partial charge in [-0.15, -0.1) is 0 Å². The first-order chi connectivity index (χ1) is 15.3. The number of ether oxygens (including phenoxy) is 2. The van der Waals surface area contributed by atoms with Crippen LogP contribution in [0.2, 0.25) is 0 Å². The van der Waals surface area contributed by atoms with E-state index in [9.17, 15) is 9.59 Å². The van der Waals surface area contributed by atoms with E-state index in [4.69, 9.17) is 14.5 Å². The first-order valence-electron chi connectivity index (χ1n) is 11.1. The Morgan fingerprint density at radius 3 is 1.91 bits per heavy atom. The summed E-state index contributed by atoms with van der Waals surface area (Å²) < 4.78 is 11.4. The van der Waals surface area contributed by atoms with E-state index in [1.165, 1.54) is 10.0 Å². The predicted octanol–water partition coefficient (Wildman–Crippen LogP) is 6.54. The van der Waals surface area contributed by atoms with Crippen molar-refractivity contribution in [3.05, 3.63) is 59.2 Å². The van der Waals surface area contributed by atoms with Crippen LogP contribution in [-0.4, -0.2) is 34.2 Å². The number of amides is 2. The van der Waals surface area contributed by atoms with Gasteiger partial charge in [-0.2, -0.15) is 10.0 Å². The van der Waals surface area contributed by atoms with Crippen LogP contribution in [0.5, 0.6) is 0 Å². The zero-order valence-corrected chi connectivity index (χ0v) is 20.7. The molecule has 0 aromatic heterocycles. The zero-order valence-electron chi connectivity index (χ0n) is 20.7. The Labute approximate surface area is 196 Å². The Morgan fingerprint density at radius 2 is 1.39 bits per heavy atom. The lowest BCUT2D eigenvalue weighted by Gasteiger charge is -2.39. The quantitative estimate of drug-likeness (QED) is 0.519. The van der Waals surface area contributed by atoms with Gasteiger partial charge in [0.1, 0.15) is 11.2 Å². The highest BCUT2D eigenvalue weighted by atomic mass is 16.6. The largest absolute Gasteiger partial charge is 0.442 e. The standard InChI is InChI=1S/C26H33N3O4/c1-9-18-11-13-19(14-12-18)22-27-20-15-10-17(2)16-21(20)28(23(30)32-25(3,4)5)29(22)24(31)33-26(6,7)8/h10-16H,9H2,1-8H3. The number of fused-ring (bicyclic) bond motifs is 1. The summed E-state index contributed by atoms with van der Waals surface area (Å²) in [4.78, 5) is 31.7. The lowest BCUT2D eigenvalue weighted by Crippen LogP contribution is -2.57. The van der Waals surface area contributed by atoms with Crippen molar-refractivity contribution in [3.8, 4) is 0 Å². The van der Waals surface area contributed by atoms with Crippen molar-refractivity contribution in [2.45, 2.75) is 73.0 Å². The molecule has 0 saturated heterocycles. The van der Waals surface area contributed by atoms with Crippen molar-refractivity contribution in [2.24, 2.45) is 4.99 Å². The van der Waals surface area contributed by atoms with Gasteiger partial charge in [0.05, 0.1) is 11.4 Å². The fourth-order valence-electron chi connectivity index (χ4n) is 3.30. The molecule has 3 rings (SSSR count). The molecule has 7 nitrogen and oxygen atoms in total. The third-order valence-corrected chi connectivity index (χ3v) is 4.74. The SMILES string of the molecule is CCc1ccc(C2=Nc3ccc(C)cc3N(C(=O)OC(C)(C)C)N2C(=O)OC(C)(C)C)cc1. The molecule has 176 valence electrons. The van der Waals surface area contributed by atoms with Gasteiger partial charge in [0, 0.05) is 5.56 Å². The van der Waals surface area contributed by atoms with E-state index < -0.39 is 23.4 Å². The first-order valence-corrected chi connectivity index (χ1v) is 11.1. The molecule has 2 aromatic rings. The number of aryl methyl sites for hydroxylation is 2. The van der Waals surface area contributed by atoms with Gasteiger partial charge in [0.2, 0.25) is 0 Å². The maximum absolute atomic E-state index is 13.5. The number of benzene rings is 2. The molecule has 33 heavy (non-hydrogen) atoms. The predicted molar refractivity (Wildman–Crippen MR) is 130 cm³/mol. The Balaban J connectivity index is 2.22. The van der Waals surface area contributed by atoms with Crippen molar-refractivity contribution in [2.75, 3.05) is 5.01 Å². The van der Waals surface area contributed by atoms with E-state index in [0.717, 1.165) is 17.5 Å². The Hall–Kier alpha value is -3.35. The fourth-order valence-corrected chi connectivity index (χ4v) is 3.30. The summed E-state index contributed by atoms with van der Waals surface area (Å²) in [6, 6.07) is 13.3. The highest BCUT2D eigenvalue weighted by Crippen LogP contribution is 2.38. The molecular formula is C26H33N3O4. The van der Waals surface area contributed by atoms with Gasteiger partial charge >= 0.3 is 12.2 Å². The third kappa shape index (κ3) is 5.72. The second-order valence-electron chi connectivity index (χ2n) is 10.1. The number of amidine groups is 1. The number of hydrazine groups is 1. The lowest BCUT2D eigenvalue weighted by molar-refractivity contribution is 0.0256. The molecule has 1 aliphatic rings. The molecule has 0 radical (unpaired) electrons. The summed E-state index contributed by atoms with van der Waals surface area (Å²) in [5.74, 6) is 0.286. The Bertz CT molecular complexity index is 1080. The van der Waals surface area contributed by atoms with Crippen LogP contribution in [-0.2, 0) is 15.9 Å². The van der Waals surface area contributed by atoms with E-state index in [1.54, 1.807) is 47.6 Å². The van der Waals surface area contributed by atoms with Gasteiger partial charge in [0.15, 0.2) is 5.84 Å². The Morgan fingerprint density at radius 1 is 0.848 bits per heavy atom. The normalized spacial score (nSPS) is 13.9. The minimum atomic E-state index is -0.777. The number of carbonyl (C=O) groups excluding carboxylic acids is 2. The molecule has 0 fully saturated rings. The van der Waals surface area contributed by atoms with Gasteiger partial charge in [-0.1, -0.05) is 37.3 Å². The fraction of sp³-hybridized carbons (Fsp3) is 0.423. The number of hydrogen-bond donors (Lipinski definition) is 0. The first kappa shape index (κ1) is 24.3. The number of anilines is 1.